The monoisotopic (exact) mass is 491 g/mol. The van der Waals surface area contributed by atoms with Crippen LogP contribution in [-0.2, 0) is 28.5 Å². The van der Waals surface area contributed by atoms with Crippen LogP contribution in [0.15, 0.2) is 24.3 Å². The first-order valence-electron chi connectivity index (χ1n) is 12.0. The summed E-state index contributed by atoms with van der Waals surface area (Å²) in [7, 11) is 0. The van der Waals surface area contributed by atoms with Gasteiger partial charge >= 0.3 is 11.9 Å². The first-order valence-corrected chi connectivity index (χ1v) is 12.0. The third-order valence-electron chi connectivity index (χ3n) is 5.96. The van der Waals surface area contributed by atoms with Crippen molar-refractivity contribution in [2.75, 3.05) is 19.8 Å². The van der Waals surface area contributed by atoms with Crippen LogP contribution in [0, 0.1) is 0 Å². The summed E-state index contributed by atoms with van der Waals surface area (Å²) in [6.07, 6.45) is 1.02. The molecule has 1 aromatic carbocycles. The zero-order valence-corrected chi connectivity index (χ0v) is 20.1. The smallest absolute Gasteiger partial charge is 0.303 e. The molecule has 0 radical (unpaired) electrons. The number of unbranched alkanes of at least 4 members (excludes halogenated alkanes) is 5. The lowest BCUT2D eigenvalue weighted by Gasteiger charge is -2.38. The molecule has 2 aliphatic heterocycles. The van der Waals surface area contributed by atoms with Crippen LogP contribution in [0.1, 0.15) is 73.1 Å². The molecule has 0 unspecified atom stereocenters. The van der Waals surface area contributed by atoms with E-state index in [4.69, 9.17) is 18.9 Å². The average molecular weight is 492 g/mol. The van der Waals surface area contributed by atoms with Crippen LogP contribution in [0.25, 0.3) is 0 Å². The molecule has 1 N–H and O–H groups in total. The highest BCUT2D eigenvalue weighted by Crippen LogP contribution is 2.24. The highest BCUT2D eigenvalue weighted by atomic mass is 16.7. The summed E-state index contributed by atoms with van der Waals surface area (Å²) in [5, 5.41) is 10.5. The molecule has 0 aromatic heterocycles. The van der Waals surface area contributed by atoms with Crippen molar-refractivity contribution in [2.24, 2.45) is 0 Å². The van der Waals surface area contributed by atoms with Crippen LogP contribution in [0.3, 0.4) is 0 Å². The molecule has 1 aromatic rings. The van der Waals surface area contributed by atoms with E-state index in [1.807, 2.05) is 0 Å². The van der Waals surface area contributed by atoms with Crippen LogP contribution >= 0.6 is 0 Å². The summed E-state index contributed by atoms with van der Waals surface area (Å²) in [6, 6.07) is 6.89. The topological polar surface area (TPSA) is 129 Å². The van der Waals surface area contributed by atoms with Crippen molar-refractivity contribution >= 4 is 23.8 Å². The van der Waals surface area contributed by atoms with Crippen molar-refractivity contribution in [1.29, 1.82) is 0 Å². The van der Waals surface area contributed by atoms with Crippen LogP contribution < -0.4 is 0 Å². The molecule has 2 heterocycles. The quantitative estimate of drug-likeness (QED) is 0.266. The minimum absolute atomic E-state index is 0.0492. The number of imide groups is 1. The molecule has 0 spiro atoms. The van der Waals surface area contributed by atoms with E-state index in [1.165, 1.54) is 18.7 Å². The van der Waals surface area contributed by atoms with Gasteiger partial charge in [0.15, 0.2) is 18.5 Å². The Labute approximate surface area is 204 Å². The van der Waals surface area contributed by atoms with Crippen LogP contribution in [0.4, 0.5) is 0 Å². The second-order valence-corrected chi connectivity index (χ2v) is 8.71. The van der Waals surface area contributed by atoms with Gasteiger partial charge in [-0.25, -0.2) is 0 Å². The number of carbonyl (C=O) groups excluding carboxylic acids is 4. The summed E-state index contributed by atoms with van der Waals surface area (Å²) in [4.78, 5) is 48.6. The maximum atomic E-state index is 12.4. The zero-order valence-electron chi connectivity index (χ0n) is 20.1. The van der Waals surface area contributed by atoms with Crippen molar-refractivity contribution in [3.63, 3.8) is 0 Å². The van der Waals surface area contributed by atoms with Gasteiger partial charge < -0.3 is 24.1 Å². The molecular weight excluding hydrogens is 458 g/mol. The van der Waals surface area contributed by atoms with Gasteiger partial charge in [-0.15, -0.1) is 0 Å². The van der Waals surface area contributed by atoms with Crippen molar-refractivity contribution in [2.45, 2.75) is 77.0 Å². The van der Waals surface area contributed by atoms with E-state index >= 15 is 0 Å². The van der Waals surface area contributed by atoms with E-state index in [9.17, 15) is 24.3 Å². The zero-order chi connectivity index (χ0) is 25.4. The Balaban J connectivity index is 1.28. The fourth-order valence-corrected chi connectivity index (χ4v) is 4.28. The maximum absolute atomic E-state index is 12.4. The molecule has 2 aliphatic rings. The van der Waals surface area contributed by atoms with E-state index in [1.54, 1.807) is 24.3 Å². The lowest BCUT2D eigenvalue weighted by atomic mass is 10.0. The summed E-state index contributed by atoms with van der Waals surface area (Å²) in [5.41, 5.74) is 0.955. The third kappa shape index (κ3) is 7.09. The number of hydrogen-bond donors (Lipinski definition) is 1. The number of aliphatic hydroxyl groups excluding tert-OH is 1. The Morgan fingerprint density at radius 3 is 2.11 bits per heavy atom. The highest BCUT2D eigenvalue weighted by molar-refractivity contribution is 6.21. The molecule has 4 atom stereocenters. The second kappa shape index (κ2) is 12.8. The summed E-state index contributed by atoms with van der Waals surface area (Å²) in [5.74, 6) is -1.60. The van der Waals surface area contributed by atoms with Crippen LogP contribution in [0.5, 0.6) is 0 Å². The van der Waals surface area contributed by atoms with Crippen LogP contribution in [0.2, 0.25) is 0 Å². The Hall–Kier alpha value is -2.82. The molecule has 1 fully saturated rings. The van der Waals surface area contributed by atoms with Gasteiger partial charge in [0.05, 0.1) is 17.7 Å². The molecular formula is C25H33NO9. The summed E-state index contributed by atoms with van der Waals surface area (Å²) < 4.78 is 21.3. The van der Waals surface area contributed by atoms with E-state index in [0.29, 0.717) is 24.3 Å². The second-order valence-electron chi connectivity index (χ2n) is 8.71. The number of aliphatic hydroxyl groups is 1. The van der Waals surface area contributed by atoms with Gasteiger partial charge in [-0.3, -0.25) is 24.1 Å². The highest BCUT2D eigenvalue weighted by Gasteiger charge is 2.44. The fraction of sp³-hybridized carbons (Fsp3) is 0.600. The number of hydrogen-bond acceptors (Lipinski definition) is 9. The Kier molecular flexibility index (Phi) is 9.76. The van der Waals surface area contributed by atoms with Crippen molar-refractivity contribution in [1.82, 2.24) is 4.90 Å². The number of amides is 2. The van der Waals surface area contributed by atoms with E-state index < -0.39 is 36.5 Å². The Morgan fingerprint density at radius 1 is 0.943 bits per heavy atom. The molecule has 1 saturated heterocycles. The van der Waals surface area contributed by atoms with E-state index in [0.717, 1.165) is 38.5 Å². The third-order valence-corrected chi connectivity index (χ3v) is 5.96. The van der Waals surface area contributed by atoms with Gasteiger partial charge in [-0.1, -0.05) is 37.8 Å². The normalized spacial score (nSPS) is 23.8. The van der Waals surface area contributed by atoms with Gasteiger partial charge in [0.25, 0.3) is 11.8 Å². The Morgan fingerprint density at radius 2 is 1.51 bits per heavy atom. The molecule has 0 saturated carbocycles. The van der Waals surface area contributed by atoms with Gasteiger partial charge in [-0.2, -0.15) is 0 Å². The average Bonchev–Trinajstić information content (AvgIpc) is 3.06. The largest absolute Gasteiger partial charge is 0.456 e. The standard InChI is InChI=1S/C25H33NO9/c1-16(27)34-20-15-33-25(21(29)22(20)35-17(2)28)32-14-10-6-4-3-5-9-13-26-23(30)18-11-7-8-12-19(18)24(26)31/h7-8,11-12,20-22,25,29H,3-6,9-10,13-15H2,1-2H3/t20-,21-,22+,25+/m1/s1. The van der Waals surface area contributed by atoms with Gasteiger partial charge in [-0.05, 0) is 25.0 Å². The minimum atomic E-state index is -1.28. The van der Waals surface area contributed by atoms with Gasteiger partial charge in [0.2, 0.25) is 0 Å². The molecule has 35 heavy (non-hydrogen) atoms. The molecule has 2 amide bonds. The molecule has 0 aliphatic carbocycles. The summed E-state index contributed by atoms with van der Waals surface area (Å²) >= 11 is 0. The minimum Gasteiger partial charge on any atom is -0.456 e. The molecule has 10 heteroatoms. The van der Waals surface area contributed by atoms with Crippen molar-refractivity contribution in [3.8, 4) is 0 Å². The number of rotatable bonds is 12. The number of ether oxygens (including phenoxy) is 4. The molecule has 0 bridgehead atoms. The number of fused-ring (bicyclic) bond motifs is 1. The summed E-state index contributed by atoms with van der Waals surface area (Å²) in [6.45, 7) is 3.16. The predicted octanol–water partition coefficient (Wildman–Crippen LogP) is 2.22. The van der Waals surface area contributed by atoms with Crippen LogP contribution in [-0.4, -0.2) is 78.1 Å². The fourth-order valence-electron chi connectivity index (χ4n) is 4.28. The Bertz CT molecular complexity index is 883. The van der Waals surface area contributed by atoms with Gasteiger partial charge in [0.1, 0.15) is 6.10 Å². The van der Waals surface area contributed by atoms with E-state index in [-0.39, 0.29) is 18.4 Å². The van der Waals surface area contributed by atoms with Crippen molar-refractivity contribution in [3.05, 3.63) is 35.4 Å². The SMILES string of the molecule is CC(=O)O[C@@H]1[C@@H](O)[C@@H](OCCCCCCCCN2C(=O)c3ccccc3C2=O)OC[C@H]1OC(C)=O. The number of esters is 2. The van der Waals surface area contributed by atoms with Crippen molar-refractivity contribution < 1.29 is 43.2 Å². The molecule has 3 rings (SSSR count). The first-order chi connectivity index (χ1) is 16.8. The first kappa shape index (κ1) is 26.8. The number of nitrogens with zero attached hydrogens (tertiary/aromatic N) is 1. The lowest BCUT2D eigenvalue weighted by molar-refractivity contribution is -0.276. The molecule has 192 valence electrons. The maximum Gasteiger partial charge on any atom is 0.303 e. The molecule has 10 nitrogen and oxygen atoms in total. The lowest BCUT2D eigenvalue weighted by Crippen LogP contribution is -2.56. The number of carbonyl (C=O) groups is 4. The van der Waals surface area contributed by atoms with Gasteiger partial charge in [0, 0.05) is 27.0 Å². The number of benzene rings is 1. The predicted molar refractivity (Wildman–Crippen MR) is 122 cm³/mol. The van der Waals surface area contributed by atoms with E-state index in [2.05, 4.69) is 0 Å².